The van der Waals surface area contributed by atoms with Gasteiger partial charge in [-0.25, -0.2) is 4.98 Å². The Hall–Kier alpha value is -2.27. The minimum absolute atomic E-state index is 0.0746. The predicted octanol–water partition coefficient (Wildman–Crippen LogP) is 4.51. The number of thioether (sulfide) groups is 1. The fourth-order valence-corrected chi connectivity index (χ4v) is 5.19. The summed E-state index contributed by atoms with van der Waals surface area (Å²) in [7, 11) is 0. The van der Waals surface area contributed by atoms with Crippen molar-refractivity contribution < 1.29 is 4.79 Å². The summed E-state index contributed by atoms with van der Waals surface area (Å²) in [5.74, 6) is 1.63. The number of likely N-dealkylation sites (tertiary alicyclic amines) is 1. The number of amides is 1. The summed E-state index contributed by atoms with van der Waals surface area (Å²) in [5, 5.41) is 0. The number of aromatic nitrogens is 2. The van der Waals surface area contributed by atoms with E-state index in [9.17, 15) is 4.79 Å². The lowest BCUT2D eigenvalue weighted by Crippen LogP contribution is -2.32. The molecule has 2 aliphatic rings. The van der Waals surface area contributed by atoms with Crippen molar-refractivity contribution in [2.75, 3.05) is 12.3 Å². The van der Waals surface area contributed by atoms with E-state index in [1.54, 1.807) is 11.8 Å². The monoisotopic (exact) mass is 377 g/mol. The average Bonchev–Trinajstić information content (AvgIpc) is 3.43. The molecule has 0 unspecified atom stereocenters. The van der Waals surface area contributed by atoms with Crippen LogP contribution in [-0.4, -0.2) is 33.1 Å². The molecular formula is C22H23N3OS. The van der Waals surface area contributed by atoms with E-state index in [0.717, 1.165) is 36.2 Å². The van der Waals surface area contributed by atoms with Crippen LogP contribution in [0.3, 0.4) is 0 Å². The van der Waals surface area contributed by atoms with Gasteiger partial charge in [-0.1, -0.05) is 18.2 Å². The van der Waals surface area contributed by atoms with Crippen LogP contribution in [0.5, 0.6) is 0 Å². The maximum atomic E-state index is 12.9. The second kappa shape index (κ2) is 7.04. The Morgan fingerprint density at radius 2 is 2.04 bits per heavy atom. The maximum Gasteiger partial charge on any atom is 0.233 e. The molecule has 1 saturated heterocycles. The SMILES string of the molecule is O=C(CSc1ccc2c(c1)CCC2)N1CCC[C@H]1c1nc2ccccc2[nH]1. The molecule has 1 aromatic heterocycles. The quantitative estimate of drug-likeness (QED) is 0.681. The Kier molecular flexibility index (Phi) is 4.40. The fourth-order valence-electron chi connectivity index (χ4n) is 4.35. The van der Waals surface area contributed by atoms with Crippen molar-refractivity contribution in [2.24, 2.45) is 0 Å². The van der Waals surface area contributed by atoms with Gasteiger partial charge >= 0.3 is 0 Å². The molecule has 0 bridgehead atoms. The second-order valence-electron chi connectivity index (χ2n) is 7.46. The van der Waals surface area contributed by atoms with E-state index in [2.05, 4.69) is 23.2 Å². The number of fused-ring (bicyclic) bond motifs is 2. The molecule has 1 amide bonds. The number of nitrogens with one attached hydrogen (secondary N) is 1. The van der Waals surface area contributed by atoms with E-state index in [-0.39, 0.29) is 11.9 Å². The normalized spacial score (nSPS) is 19.0. The van der Waals surface area contributed by atoms with E-state index in [4.69, 9.17) is 4.98 Å². The number of H-pyrrole nitrogens is 1. The smallest absolute Gasteiger partial charge is 0.233 e. The molecular weight excluding hydrogens is 354 g/mol. The number of hydrogen-bond acceptors (Lipinski definition) is 3. The highest BCUT2D eigenvalue weighted by Gasteiger charge is 2.32. The first-order chi connectivity index (χ1) is 13.3. The van der Waals surface area contributed by atoms with Crippen molar-refractivity contribution in [1.29, 1.82) is 0 Å². The van der Waals surface area contributed by atoms with Gasteiger partial charge in [0.1, 0.15) is 5.82 Å². The van der Waals surface area contributed by atoms with Gasteiger partial charge in [-0.15, -0.1) is 11.8 Å². The van der Waals surface area contributed by atoms with Crippen molar-refractivity contribution in [2.45, 2.75) is 43.0 Å². The summed E-state index contributed by atoms with van der Waals surface area (Å²) in [5.41, 5.74) is 4.96. The van der Waals surface area contributed by atoms with Crippen molar-refractivity contribution in [3.05, 3.63) is 59.4 Å². The van der Waals surface area contributed by atoms with Gasteiger partial charge in [0.25, 0.3) is 0 Å². The molecule has 5 heteroatoms. The number of carbonyl (C=O) groups is 1. The van der Waals surface area contributed by atoms with Crippen LogP contribution in [-0.2, 0) is 17.6 Å². The third-order valence-corrected chi connectivity index (χ3v) is 6.71. The first-order valence-electron chi connectivity index (χ1n) is 9.77. The van der Waals surface area contributed by atoms with Gasteiger partial charge in [0.2, 0.25) is 5.91 Å². The zero-order valence-corrected chi connectivity index (χ0v) is 16.1. The van der Waals surface area contributed by atoms with Gasteiger partial charge in [0.15, 0.2) is 0 Å². The van der Waals surface area contributed by atoms with Gasteiger partial charge in [0.05, 0.1) is 22.8 Å². The van der Waals surface area contributed by atoms with Crippen LogP contribution < -0.4 is 0 Å². The van der Waals surface area contributed by atoms with Gasteiger partial charge in [0, 0.05) is 11.4 Å². The topological polar surface area (TPSA) is 49.0 Å². The van der Waals surface area contributed by atoms with Crippen molar-refractivity contribution in [3.63, 3.8) is 0 Å². The number of hydrogen-bond donors (Lipinski definition) is 1. The highest BCUT2D eigenvalue weighted by atomic mass is 32.2. The molecule has 3 aromatic rings. The molecule has 4 nitrogen and oxygen atoms in total. The van der Waals surface area contributed by atoms with Crippen LogP contribution in [0.15, 0.2) is 47.4 Å². The average molecular weight is 378 g/mol. The number of aromatic amines is 1. The minimum atomic E-state index is 0.0746. The lowest BCUT2D eigenvalue weighted by Gasteiger charge is -2.23. The van der Waals surface area contributed by atoms with Crippen LogP contribution in [0.4, 0.5) is 0 Å². The molecule has 1 aliphatic carbocycles. The van der Waals surface area contributed by atoms with E-state index in [0.29, 0.717) is 5.75 Å². The molecule has 2 heterocycles. The van der Waals surface area contributed by atoms with Crippen molar-refractivity contribution in [1.82, 2.24) is 14.9 Å². The van der Waals surface area contributed by atoms with E-state index >= 15 is 0 Å². The Morgan fingerprint density at radius 3 is 2.96 bits per heavy atom. The standard InChI is InChI=1S/C22H23N3OS/c26-21(14-27-17-11-10-15-5-3-6-16(15)13-17)25-12-4-9-20(25)22-23-18-7-1-2-8-19(18)24-22/h1-2,7-8,10-11,13,20H,3-6,9,12,14H2,(H,23,24)/t20-/m0/s1. The lowest BCUT2D eigenvalue weighted by molar-refractivity contribution is -0.129. The molecule has 138 valence electrons. The number of rotatable bonds is 4. The first-order valence-corrected chi connectivity index (χ1v) is 10.8. The largest absolute Gasteiger partial charge is 0.340 e. The lowest BCUT2D eigenvalue weighted by atomic mass is 10.1. The number of imidazole rings is 1. The van der Waals surface area contributed by atoms with E-state index in [1.807, 2.05) is 29.2 Å². The summed E-state index contributed by atoms with van der Waals surface area (Å²) in [4.78, 5) is 24.3. The maximum absolute atomic E-state index is 12.9. The van der Waals surface area contributed by atoms with Crippen molar-refractivity contribution in [3.8, 4) is 0 Å². The molecule has 1 aliphatic heterocycles. The molecule has 5 rings (SSSR count). The van der Waals surface area contributed by atoms with Gasteiger partial charge in [-0.3, -0.25) is 4.79 Å². The molecule has 2 aromatic carbocycles. The van der Waals surface area contributed by atoms with Crippen LogP contribution in [0, 0.1) is 0 Å². The van der Waals surface area contributed by atoms with Crippen LogP contribution >= 0.6 is 11.8 Å². The summed E-state index contributed by atoms with van der Waals surface area (Å²) in [6, 6.07) is 14.8. The molecule has 0 saturated carbocycles. The number of carbonyl (C=O) groups excluding carboxylic acids is 1. The van der Waals surface area contributed by atoms with Gasteiger partial charge in [-0.05, 0) is 67.5 Å². The summed E-state index contributed by atoms with van der Waals surface area (Å²) in [6.45, 7) is 0.825. The summed E-state index contributed by atoms with van der Waals surface area (Å²) < 4.78 is 0. The number of aryl methyl sites for hydroxylation is 2. The number of nitrogens with zero attached hydrogens (tertiary/aromatic N) is 2. The van der Waals surface area contributed by atoms with Crippen LogP contribution in [0.25, 0.3) is 11.0 Å². The molecule has 27 heavy (non-hydrogen) atoms. The number of benzene rings is 2. The molecule has 1 fully saturated rings. The zero-order valence-electron chi connectivity index (χ0n) is 15.3. The molecule has 0 radical (unpaired) electrons. The van der Waals surface area contributed by atoms with Gasteiger partial charge in [-0.2, -0.15) is 0 Å². The second-order valence-corrected chi connectivity index (χ2v) is 8.51. The van der Waals surface area contributed by atoms with E-state index < -0.39 is 0 Å². The molecule has 1 N–H and O–H groups in total. The summed E-state index contributed by atoms with van der Waals surface area (Å²) in [6.07, 6.45) is 5.66. The third kappa shape index (κ3) is 3.25. The third-order valence-electron chi connectivity index (χ3n) is 5.73. The number of para-hydroxylation sites is 2. The molecule has 1 atom stereocenters. The van der Waals surface area contributed by atoms with Gasteiger partial charge < -0.3 is 9.88 Å². The molecule has 0 spiro atoms. The Labute approximate surface area is 163 Å². The Bertz CT molecular complexity index is 963. The highest BCUT2D eigenvalue weighted by molar-refractivity contribution is 8.00. The Balaban J connectivity index is 1.29. The fraction of sp³-hybridized carbons (Fsp3) is 0.364. The Morgan fingerprint density at radius 1 is 1.15 bits per heavy atom. The van der Waals surface area contributed by atoms with Crippen LogP contribution in [0.2, 0.25) is 0 Å². The van der Waals surface area contributed by atoms with E-state index in [1.165, 1.54) is 35.3 Å². The summed E-state index contributed by atoms with van der Waals surface area (Å²) >= 11 is 1.66. The zero-order chi connectivity index (χ0) is 18.2. The van der Waals surface area contributed by atoms with Crippen LogP contribution in [0.1, 0.15) is 42.3 Å². The predicted molar refractivity (Wildman–Crippen MR) is 109 cm³/mol. The van der Waals surface area contributed by atoms with Crippen molar-refractivity contribution >= 4 is 28.7 Å². The highest BCUT2D eigenvalue weighted by Crippen LogP contribution is 2.33. The minimum Gasteiger partial charge on any atom is -0.340 e. The first kappa shape index (κ1) is 16.9.